The molecule has 82 valence electrons. The highest BCUT2D eigenvalue weighted by Crippen LogP contribution is 2.23. The number of rotatable bonds is 5. The van der Waals surface area contributed by atoms with Gasteiger partial charge in [0, 0.05) is 20.6 Å². The molecule has 0 aromatic heterocycles. The highest BCUT2D eigenvalue weighted by atomic mass is 15.1. The van der Waals surface area contributed by atoms with E-state index in [1.807, 2.05) is 6.07 Å². The largest absolute Gasteiger partial charge is 0.380 e. The van der Waals surface area contributed by atoms with E-state index in [1.54, 1.807) is 0 Å². The van der Waals surface area contributed by atoms with Gasteiger partial charge in [0.15, 0.2) is 0 Å². The summed E-state index contributed by atoms with van der Waals surface area (Å²) < 4.78 is 0. The summed E-state index contributed by atoms with van der Waals surface area (Å²) in [5.41, 5.74) is 3.60. The first-order valence-corrected chi connectivity index (χ1v) is 5.32. The van der Waals surface area contributed by atoms with Crippen LogP contribution in [0.2, 0.25) is 0 Å². The van der Waals surface area contributed by atoms with Crippen molar-refractivity contribution >= 4 is 11.4 Å². The van der Waals surface area contributed by atoms with Gasteiger partial charge in [-0.1, -0.05) is 31.2 Å². The van der Waals surface area contributed by atoms with Crippen molar-refractivity contribution in [1.82, 2.24) is 0 Å². The van der Waals surface area contributed by atoms with E-state index in [-0.39, 0.29) is 0 Å². The fourth-order valence-corrected chi connectivity index (χ4v) is 1.36. The minimum atomic E-state index is 0.849. The lowest BCUT2D eigenvalue weighted by molar-refractivity contribution is 1.04. The fourth-order valence-electron chi connectivity index (χ4n) is 1.36. The molecule has 0 atom stereocenters. The molecule has 0 fully saturated rings. The molecule has 0 spiro atoms. The molecule has 0 aliphatic heterocycles. The third kappa shape index (κ3) is 3.31. The molecule has 0 aliphatic carbocycles. The first kappa shape index (κ1) is 11.6. The number of para-hydroxylation sites is 2. The SMILES string of the molecule is C=C(CC)CNc1ccccc1N(C)C. The van der Waals surface area contributed by atoms with E-state index in [2.05, 4.69) is 56.0 Å². The summed E-state index contributed by atoms with van der Waals surface area (Å²) >= 11 is 0. The lowest BCUT2D eigenvalue weighted by atomic mass is 10.2. The molecule has 0 aliphatic rings. The Morgan fingerprint density at radius 3 is 2.60 bits per heavy atom. The molecule has 0 bridgehead atoms. The van der Waals surface area contributed by atoms with Crippen molar-refractivity contribution in [3.8, 4) is 0 Å². The maximum absolute atomic E-state index is 3.99. The predicted octanol–water partition coefficient (Wildman–Crippen LogP) is 3.13. The smallest absolute Gasteiger partial charge is 0.0596 e. The average molecular weight is 204 g/mol. The van der Waals surface area contributed by atoms with Gasteiger partial charge in [0.1, 0.15) is 0 Å². The van der Waals surface area contributed by atoms with Gasteiger partial charge in [-0.3, -0.25) is 0 Å². The summed E-state index contributed by atoms with van der Waals surface area (Å²) in [5.74, 6) is 0. The van der Waals surface area contributed by atoms with E-state index >= 15 is 0 Å². The number of hydrogen-bond acceptors (Lipinski definition) is 2. The maximum atomic E-state index is 3.99. The van der Waals surface area contributed by atoms with E-state index in [4.69, 9.17) is 0 Å². The number of hydrogen-bond donors (Lipinski definition) is 1. The molecular formula is C13H20N2. The maximum Gasteiger partial charge on any atom is 0.0596 e. The number of nitrogens with one attached hydrogen (secondary N) is 1. The summed E-state index contributed by atoms with van der Waals surface area (Å²) in [6.07, 6.45) is 1.02. The van der Waals surface area contributed by atoms with Crippen molar-refractivity contribution in [2.24, 2.45) is 0 Å². The van der Waals surface area contributed by atoms with Crippen molar-refractivity contribution in [3.63, 3.8) is 0 Å². The van der Waals surface area contributed by atoms with Gasteiger partial charge in [0.05, 0.1) is 11.4 Å². The normalized spacial score (nSPS) is 9.80. The van der Waals surface area contributed by atoms with Crippen molar-refractivity contribution in [1.29, 1.82) is 0 Å². The van der Waals surface area contributed by atoms with Gasteiger partial charge < -0.3 is 10.2 Å². The Kier molecular flexibility index (Phi) is 4.22. The van der Waals surface area contributed by atoms with Crippen molar-refractivity contribution < 1.29 is 0 Å². The number of nitrogens with zero attached hydrogens (tertiary/aromatic N) is 1. The Labute approximate surface area is 92.6 Å². The van der Waals surface area contributed by atoms with Gasteiger partial charge in [-0.15, -0.1) is 0 Å². The Morgan fingerprint density at radius 1 is 1.33 bits per heavy atom. The molecule has 2 heteroatoms. The zero-order valence-corrected chi connectivity index (χ0v) is 9.88. The Morgan fingerprint density at radius 2 is 2.00 bits per heavy atom. The molecule has 0 unspecified atom stereocenters. The molecule has 0 heterocycles. The zero-order chi connectivity index (χ0) is 11.3. The summed E-state index contributed by atoms with van der Waals surface area (Å²) in [6.45, 7) is 6.96. The molecule has 2 nitrogen and oxygen atoms in total. The Bertz CT molecular complexity index is 329. The van der Waals surface area contributed by atoms with Crippen LogP contribution in [0.5, 0.6) is 0 Å². The van der Waals surface area contributed by atoms with Crippen molar-refractivity contribution in [3.05, 3.63) is 36.4 Å². The van der Waals surface area contributed by atoms with Gasteiger partial charge in [-0.2, -0.15) is 0 Å². The van der Waals surface area contributed by atoms with Crippen LogP contribution in [-0.4, -0.2) is 20.6 Å². The van der Waals surface area contributed by atoms with Crippen molar-refractivity contribution in [2.75, 3.05) is 30.9 Å². The first-order valence-electron chi connectivity index (χ1n) is 5.32. The van der Waals surface area contributed by atoms with Crippen LogP contribution in [0.4, 0.5) is 11.4 Å². The topological polar surface area (TPSA) is 15.3 Å². The molecule has 15 heavy (non-hydrogen) atoms. The minimum Gasteiger partial charge on any atom is -0.380 e. The van der Waals surface area contributed by atoms with Gasteiger partial charge in [-0.25, -0.2) is 0 Å². The van der Waals surface area contributed by atoms with Gasteiger partial charge in [-0.05, 0) is 18.6 Å². The lowest BCUT2D eigenvalue weighted by Gasteiger charge is -2.18. The van der Waals surface area contributed by atoms with E-state index < -0.39 is 0 Å². The third-order valence-electron chi connectivity index (χ3n) is 2.41. The highest BCUT2D eigenvalue weighted by molar-refractivity contribution is 5.69. The molecule has 1 rings (SSSR count). The average Bonchev–Trinajstić information content (AvgIpc) is 2.26. The minimum absolute atomic E-state index is 0.849. The lowest BCUT2D eigenvalue weighted by Crippen LogP contribution is -2.13. The van der Waals surface area contributed by atoms with Crippen LogP contribution in [0.25, 0.3) is 0 Å². The van der Waals surface area contributed by atoms with Crippen LogP contribution in [-0.2, 0) is 0 Å². The van der Waals surface area contributed by atoms with Crippen LogP contribution in [0.15, 0.2) is 36.4 Å². The van der Waals surface area contributed by atoms with E-state index in [1.165, 1.54) is 11.3 Å². The zero-order valence-electron chi connectivity index (χ0n) is 9.88. The van der Waals surface area contributed by atoms with Gasteiger partial charge in [0.2, 0.25) is 0 Å². The fraction of sp³-hybridized carbons (Fsp3) is 0.385. The second-order valence-electron chi connectivity index (χ2n) is 3.87. The van der Waals surface area contributed by atoms with Crippen LogP contribution >= 0.6 is 0 Å². The van der Waals surface area contributed by atoms with Gasteiger partial charge in [0.25, 0.3) is 0 Å². The number of benzene rings is 1. The molecule has 1 aromatic rings. The molecule has 0 radical (unpaired) electrons. The van der Waals surface area contributed by atoms with E-state index in [0.29, 0.717) is 0 Å². The van der Waals surface area contributed by atoms with Crippen LogP contribution in [0, 0.1) is 0 Å². The second-order valence-corrected chi connectivity index (χ2v) is 3.87. The summed E-state index contributed by atoms with van der Waals surface area (Å²) in [5, 5.41) is 3.40. The summed E-state index contributed by atoms with van der Waals surface area (Å²) in [4.78, 5) is 2.11. The third-order valence-corrected chi connectivity index (χ3v) is 2.41. The van der Waals surface area contributed by atoms with Crippen LogP contribution in [0.3, 0.4) is 0 Å². The molecule has 0 amide bonds. The molecule has 1 aromatic carbocycles. The van der Waals surface area contributed by atoms with Crippen LogP contribution in [0.1, 0.15) is 13.3 Å². The quantitative estimate of drug-likeness (QED) is 0.741. The standard InChI is InChI=1S/C13H20N2/c1-5-11(2)10-14-12-8-6-7-9-13(12)15(3)4/h6-9,14H,2,5,10H2,1,3-4H3. The molecule has 0 saturated heterocycles. The molecule has 1 N–H and O–H groups in total. The molecular weight excluding hydrogens is 184 g/mol. The predicted molar refractivity (Wildman–Crippen MR) is 68.7 cm³/mol. The first-order chi connectivity index (χ1) is 7.15. The second kappa shape index (κ2) is 5.44. The van der Waals surface area contributed by atoms with Gasteiger partial charge >= 0.3 is 0 Å². The summed E-state index contributed by atoms with van der Waals surface area (Å²) in [6, 6.07) is 8.30. The monoisotopic (exact) mass is 204 g/mol. The van der Waals surface area contributed by atoms with Crippen LogP contribution < -0.4 is 10.2 Å². The summed E-state index contributed by atoms with van der Waals surface area (Å²) in [7, 11) is 4.10. The Balaban J connectivity index is 2.71. The number of anilines is 2. The van der Waals surface area contributed by atoms with E-state index in [0.717, 1.165) is 18.7 Å². The molecule has 0 saturated carbocycles. The Hall–Kier alpha value is -1.44. The van der Waals surface area contributed by atoms with E-state index in [9.17, 15) is 0 Å². The van der Waals surface area contributed by atoms with Crippen molar-refractivity contribution in [2.45, 2.75) is 13.3 Å². The highest BCUT2D eigenvalue weighted by Gasteiger charge is 2.02.